The van der Waals surface area contributed by atoms with Gasteiger partial charge in [0.05, 0.1) is 22.8 Å². The first kappa shape index (κ1) is 15.8. The molecule has 0 spiro atoms. The quantitative estimate of drug-likeness (QED) is 0.678. The lowest BCUT2D eigenvalue weighted by Gasteiger charge is -2.10. The Kier molecular flexibility index (Phi) is 5.22. The van der Waals surface area contributed by atoms with E-state index >= 15 is 0 Å². The SMILES string of the molecule is COc1nc(SC)ncc1C(=O)Nc1c(Cl)cncc1Cl. The highest BCUT2D eigenvalue weighted by Crippen LogP contribution is 2.29. The third-order valence-electron chi connectivity index (χ3n) is 2.44. The minimum Gasteiger partial charge on any atom is -0.480 e. The molecule has 1 N–H and O–H groups in total. The molecule has 2 heterocycles. The number of anilines is 1. The van der Waals surface area contributed by atoms with Crippen LogP contribution < -0.4 is 10.1 Å². The van der Waals surface area contributed by atoms with Crippen molar-refractivity contribution < 1.29 is 9.53 Å². The van der Waals surface area contributed by atoms with Crippen LogP contribution in [0.3, 0.4) is 0 Å². The highest BCUT2D eigenvalue weighted by atomic mass is 35.5. The molecule has 6 nitrogen and oxygen atoms in total. The molecule has 0 fully saturated rings. The van der Waals surface area contributed by atoms with E-state index in [1.807, 2.05) is 6.26 Å². The number of nitrogens with zero attached hydrogens (tertiary/aromatic N) is 3. The average Bonchev–Trinajstić information content (AvgIpc) is 2.50. The third-order valence-corrected chi connectivity index (χ3v) is 3.58. The van der Waals surface area contributed by atoms with Gasteiger partial charge in [-0.3, -0.25) is 9.78 Å². The second-order valence-electron chi connectivity index (χ2n) is 3.71. The fourth-order valence-corrected chi connectivity index (χ4v) is 2.26. The highest BCUT2D eigenvalue weighted by molar-refractivity contribution is 7.98. The van der Waals surface area contributed by atoms with Crippen molar-refractivity contribution in [2.24, 2.45) is 0 Å². The zero-order valence-corrected chi connectivity index (χ0v) is 13.4. The maximum atomic E-state index is 12.3. The number of carbonyl (C=O) groups is 1. The maximum Gasteiger partial charge on any atom is 0.262 e. The molecule has 0 aliphatic heterocycles. The zero-order valence-electron chi connectivity index (χ0n) is 11.1. The standard InChI is InChI=1S/C12H10Cl2N4O2S/c1-20-11-6(3-16-12(18-11)21-2)10(19)17-9-7(13)4-15-5-8(9)14/h3-5H,1-2H3,(H,15,17,19). The molecule has 0 atom stereocenters. The van der Waals surface area contributed by atoms with E-state index < -0.39 is 5.91 Å². The average molecular weight is 345 g/mol. The normalized spacial score (nSPS) is 10.3. The van der Waals surface area contributed by atoms with Crippen molar-refractivity contribution in [2.45, 2.75) is 5.16 Å². The fraction of sp³-hybridized carbons (Fsp3) is 0.167. The Morgan fingerprint density at radius 3 is 2.52 bits per heavy atom. The summed E-state index contributed by atoms with van der Waals surface area (Å²) in [4.78, 5) is 24.2. The number of hydrogen-bond acceptors (Lipinski definition) is 6. The summed E-state index contributed by atoms with van der Waals surface area (Å²) in [6.45, 7) is 0. The monoisotopic (exact) mass is 344 g/mol. The molecule has 2 aromatic rings. The van der Waals surface area contributed by atoms with Crippen molar-refractivity contribution in [2.75, 3.05) is 18.7 Å². The molecular formula is C12H10Cl2N4O2S. The van der Waals surface area contributed by atoms with Gasteiger partial charge in [-0.25, -0.2) is 4.98 Å². The Hall–Kier alpha value is -1.57. The molecule has 0 aromatic carbocycles. The molecule has 0 saturated heterocycles. The fourth-order valence-electron chi connectivity index (χ4n) is 1.47. The van der Waals surface area contributed by atoms with Crippen LogP contribution in [0.25, 0.3) is 0 Å². The number of ether oxygens (including phenoxy) is 1. The first-order valence-electron chi connectivity index (χ1n) is 5.62. The molecule has 2 aromatic heterocycles. The Labute approximate surface area is 135 Å². The number of rotatable bonds is 4. The second-order valence-corrected chi connectivity index (χ2v) is 5.30. The molecule has 0 saturated carbocycles. The minimum atomic E-state index is -0.477. The summed E-state index contributed by atoms with van der Waals surface area (Å²) in [7, 11) is 1.43. The van der Waals surface area contributed by atoms with Gasteiger partial charge in [0.1, 0.15) is 5.56 Å². The van der Waals surface area contributed by atoms with Gasteiger partial charge >= 0.3 is 0 Å². The van der Waals surface area contributed by atoms with Crippen molar-refractivity contribution in [3.8, 4) is 5.88 Å². The number of methoxy groups -OCH3 is 1. The summed E-state index contributed by atoms with van der Waals surface area (Å²) in [5, 5.41) is 3.57. The van der Waals surface area contributed by atoms with Crippen molar-refractivity contribution in [3.63, 3.8) is 0 Å². The van der Waals surface area contributed by atoms with Crippen LogP contribution in [0.15, 0.2) is 23.7 Å². The number of thioether (sulfide) groups is 1. The van der Waals surface area contributed by atoms with Crippen LogP contribution in [0.4, 0.5) is 5.69 Å². The van der Waals surface area contributed by atoms with Crippen LogP contribution in [0, 0.1) is 0 Å². The van der Waals surface area contributed by atoms with E-state index in [1.54, 1.807) is 0 Å². The molecule has 1 amide bonds. The summed E-state index contributed by atoms with van der Waals surface area (Å²) in [6.07, 6.45) is 5.97. The van der Waals surface area contributed by atoms with Crippen LogP contribution in [-0.4, -0.2) is 34.2 Å². The van der Waals surface area contributed by atoms with Crippen molar-refractivity contribution >= 4 is 46.6 Å². The van der Waals surface area contributed by atoms with Gasteiger partial charge in [0.25, 0.3) is 5.91 Å². The molecule has 0 radical (unpaired) electrons. The molecule has 0 bridgehead atoms. The Morgan fingerprint density at radius 1 is 1.29 bits per heavy atom. The first-order valence-corrected chi connectivity index (χ1v) is 7.60. The topological polar surface area (TPSA) is 77.0 Å². The molecule has 2 rings (SSSR count). The highest BCUT2D eigenvalue weighted by Gasteiger charge is 2.18. The lowest BCUT2D eigenvalue weighted by molar-refractivity contribution is 0.102. The van der Waals surface area contributed by atoms with Crippen molar-refractivity contribution in [1.82, 2.24) is 15.0 Å². The van der Waals surface area contributed by atoms with E-state index in [-0.39, 0.29) is 27.2 Å². The van der Waals surface area contributed by atoms with Gasteiger partial charge in [-0.05, 0) is 6.26 Å². The molecule has 110 valence electrons. The van der Waals surface area contributed by atoms with E-state index in [1.165, 1.54) is 37.5 Å². The third kappa shape index (κ3) is 3.55. The van der Waals surface area contributed by atoms with Crippen LogP contribution in [-0.2, 0) is 0 Å². The summed E-state index contributed by atoms with van der Waals surface area (Å²) in [5.41, 5.74) is 0.452. The predicted molar refractivity (Wildman–Crippen MR) is 82.6 cm³/mol. The molecule has 0 unspecified atom stereocenters. The largest absolute Gasteiger partial charge is 0.480 e. The van der Waals surface area contributed by atoms with E-state index in [9.17, 15) is 4.79 Å². The molecule has 0 aliphatic carbocycles. The van der Waals surface area contributed by atoms with E-state index in [0.29, 0.717) is 5.16 Å². The zero-order chi connectivity index (χ0) is 15.4. The van der Waals surface area contributed by atoms with Gasteiger partial charge in [0.15, 0.2) is 5.16 Å². The molecule has 21 heavy (non-hydrogen) atoms. The Morgan fingerprint density at radius 2 is 1.95 bits per heavy atom. The van der Waals surface area contributed by atoms with Gasteiger partial charge in [-0.1, -0.05) is 35.0 Å². The number of carbonyl (C=O) groups excluding carboxylic acids is 1. The summed E-state index contributed by atoms with van der Waals surface area (Å²) < 4.78 is 5.10. The number of aromatic nitrogens is 3. The summed E-state index contributed by atoms with van der Waals surface area (Å²) in [6, 6.07) is 0. The van der Waals surface area contributed by atoms with Gasteiger partial charge < -0.3 is 10.1 Å². The van der Waals surface area contributed by atoms with Crippen LogP contribution >= 0.6 is 35.0 Å². The van der Waals surface area contributed by atoms with Gasteiger partial charge in [-0.2, -0.15) is 4.98 Å². The van der Waals surface area contributed by atoms with Crippen LogP contribution in [0.2, 0.25) is 10.0 Å². The summed E-state index contributed by atoms with van der Waals surface area (Å²) in [5.74, 6) is -0.303. The van der Waals surface area contributed by atoms with Crippen molar-refractivity contribution in [3.05, 3.63) is 34.2 Å². The minimum absolute atomic E-state index is 0.174. The maximum absolute atomic E-state index is 12.3. The number of nitrogens with one attached hydrogen (secondary N) is 1. The van der Waals surface area contributed by atoms with E-state index in [0.717, 1.165) is 0 Å². The van der Waals surface area contributed by atoms with Crippen molar-refractivity contribution in [1.29, 1.82) is 0 Å². The van der Waals surface area contributed by atoms with Gasteiger partial charge in [0.2, 0.25) is 5.88 Å². The molecule has 9 heteroatoms. The van der Waals surface area contributed by atoms with Gasteiger partial charge in [0, 0.05) is 18.6 Å². The van der Waals surface area contributed by atoms with Crippen LogP contribution in [0.1, 0.15) is 10.4 Å². The lowest BCUT2D eigenvalue weighted by Crippen LogP contribution is -2.15. The van der Waals surface area contributed by atoms with Gasteiger partial charge in [-0.15, -0.1) is 0 Å². The number of pyridine rings is 1. The number of amides is 1. The number of hydrogen-bond donors (Lipinski definition) is 1. The molecule has 0 aliphatic rings. The smallest absolute Gasteiger partial charge is 0.262 e. The van der Waals surface area contributed by atoms with E-state index in [2.05, 4.69) is 20.3 Å². The summed E-state index contributed by atoms with van der Waals surface area (Å²) >= 11 is 13.3. The Balaban J connectivity index is 2.32. The lowest BCUT2D eigenvalue weighted by atomic mass is 10.3. The first-order chi connectivity index (χ1) is 10.1. The second kappa shape index (κ2) is 6.93. The predicted octanol–water partition coefficient (Wildman–Crippen LogP) is 3.16. The number of halogens is 2. The Bertz CT molecular complexity index is 664. The van der Waals surface area contributed by atoms with E-state index in [4.69, 9.17) is 27.9 Å². The molecular weight excluding hydrogens is 335 g/mol. The van der Waals surface area contributed by atoms with Crippen LogP contribution in [0.5, 0.6) is 5.88 Å².